The Hall–Kier alpha value is -3.22. The Morgan fingerprint density at radius 3 is 2.50 bits per heavy atom. The molecule has 0 saturated carbocycles. The zero-order valence-electron chi connectivity index (χ0n) is 16.2. The van der Waals surface area contributed by atoms with Gasteiger partial charge in [-0.05, 0) is 42.8 Å². The number of carbonyl (C=O) groups excluding carboxylic acids is 2. The van der Waals surface area contributed by atoms with Crippen molar-refractivity contribution in [2.24, 2.45) is 0 Å². The van der Waals surface area contributed by atoms with Crippen LogP contribution in [0.5, 0.6) is 23.0 Å². The molecule has 2 aromatic rings. The van der Waals surface area contributed by atoms with Crippen LogP contribution in [0.1, 0.15) is 22.8 Å². The van der Waals surface area contributed by atoms with Crippen LogP contribution >= 0.6 is 0 Å². The van der Waals surface area contributed by atoms with E-state index in [1.807, 2.05) is 18.2 Å². The second kappa shape index (κ2) is 8.65. The van der Waals surface area contributed by atoms with Crippen molar-refractivity contribution in [3.63, 3.8) is 0 Å². The lowest BCUT2D eigenvalue weighted by atomic mass is 10.1. The Bertz CT molecular complexity index is 879. The molecule has 7 heteroatoms. The summed E-state index contributed by atoms with van der Waals surface area (Å²) in [5, 5.41) is 0. The van der Waals surface area contributed by atoms with Crippen LogP contribution in [0.3, 0.4) is 0 Å². The van der Waals surface area contributed by atoms with Gasteiger partial charge in [0.05, 0.1) is 7.11 Å². The molecule has 0 unspecified atom stereocenters. The van der Waals surface area contributed by atoms with E-state index in [2.05, 4.69) is 0 Å². The van der Waals surface area contributed by atoms with E-state index in [0.29, 0.717) is 48.3 Å². The zero-order chi connectivity index (χ0) is 20.1. The molecule has 28 heavy (non-hydrogen) atoms. The van der Waals surface area contributed by atoms with Crippen LogP contribution in [-0.4, -0.2) is 50.6 Å². The minimum atomic E-state index is -0.187. The monoisotopic (exact) mass is 385 g/mol. The molecule has 2 aromatic carbocycles. The molecular formula is C21H23NO6. The number of hydrogen-bond acceptors (Lipinski definition) is 6. The average Bonchev–Trinajstić information content (AvgIpc) is 2.71. The Balaban J connectivity index is 1.59. The van der Waals surface area contributed by atoms with E-state index < -0.39 is 0 Å². The fourth-order valence-corrected chi connectivity index (χ4v) is 2.80. The van der Waals surface area contributed by atoms with Crippen molar-refractivity contribution in [2.75, 3.05) is 34.0 Å². The van der Waals surface area contributed by atoms with E-state index >= 15 is 0 Å². The summed E-state index contributed by atoms with van der Waals surface area (Å²) in [7, 11) is 3.19. The molecule has 0 atom stereocenters. The predicted octanol–water partition coefficient (Wildman–Crippen LogP) is 2.71. The summed E-state index contributed by atoms with van der Waals surface area (Å²) in [6, 6.07) is 10.5. The molecule has 3 rings (SSSR count). The smallest absolute Gasteiger partial charge is 0.260 e. The number of methoxy groups -OCH3 is 1. The summed E-state index contributed by atoms with van der Waals surface area (Å²) in [5.74, 6) is 1.97. The molecule has 1 amide bonds. The molecule has 148 valence electrons. The van der Waals surface area contributed by atoms with E-state index in [9.17, 15) is 9.59 Å². The quantitative estimate of drug-likeness (QED) is 0.683. The third-order valence-electron chi connectivity index (χ3n) is 4.37. The number of benzene rings is 2. The standard InChI is InChI=1S/C21H23NO6/c1-14(23)16-5-7-17(19(11-16)25-3)28-13-21(24)22(2)12-15-4-6-18-20(10-15)27-9-8-26-18/h4-7,10-11H,8-9,12-13H2,1-3H3. The molecular weight excluding hydrogens is 362 g/mol. The number of hydrogen-bond donors (Lipinski definition) is 0. The Kier molecular flexibility index (Phi) is 6.03. The summed E-state index contributed by atoms with van der Waals surface area (Å²) in [4.78, 5) is 25.5. The largest absolute Gasteiger partial charge is 0.493 e. The summed E-state index contributed by atoms with van der Waals surface area (Å²) in [6.45, 7) is 2.81. The van der Waals surface area contributed by atoms with E-state index in [4.69, 9.17) is 18.9 Å². The highest BCUT2D eigenvalue weighted by molar-refractivity contribution is 5.94. The van der Waals surface area contributed by atoms with Crippen molar-refractivity contribution in [2.45, 2.75) is 13.5 Å². The van der Waals surface area contributed by atoms with Crippen molar-refractivity contribution < 1.29 is 28.5 Å². The molecule has 0 saturated heterocycles. The lowest BCUT2D eigenvalue weighted by Crippen LogP contribution is -2.31. The van der Waals surface area contributed by atoms with Crippen LogP contribution in [0.4, 0.5) is 0 Å². The zero-order valence-corrected chi connectivity index (χ0v) is 16.2. The molecule has 0 aromatic heterocycles. The number of rotatable bonds is 7. The lowest BCUT2D eigenvalue weighted by molar-refractivity contribution is -0.132. The molecule has 0 aliphatic carbocycles. The van der Waals surface area contributed by atoms with Gasteiger partial charge in [-0.25, -0.2) is 0 Å². The van der Waals surface area contributed by atoms with Gasteiger partial charge in [0.2, 0.25) is 0 Å². The van der Waals surface area contributed by atoms with Crippen LogP contribution in [0.2, 0.25) is 0 Å². The van der Waals surface area contributed by atoms with Crippen molar-refractivity contribution in [1.82, 2.24) is 4.90 Å². The Morgan fingerprint density at radius 2 is 1.79 bits per heavy atom. The highest BCUT2D eigenvalue weighted by atomic mass is 16.6. The second-order valence-electron chi connectivity index (χ2n) is 6.44. The maximum Gasteiger partial charge on any atom is 0.260 e. The molecule has 0 bridgehead atoms. The average molecular weight is 385 g/mol. The third-order valence-corrected chi connectivity index (χ3v) is 4.37. The van der Waals surface area contributed by atoms with E-state index in [1.54, 1.807) is 30.1 Å². The number of Topliss-reactive ketones (excluding diaryl/α,β-unsaturated/α-hetero) is 1. The minimum Gasteiger partial charge on any atom is -0.493 e. The first-order valence-electron chi connectivity index (χ1n) is 8.92. The first-order valence-corrected chi connectivity index (χ1v) is 8.92. The Labute approximate surface area is 163 Å². The number of carbonyl (C=O) groups is 2. The topological polar surface area (TPSA) is 74.3 Å². The van der Waals surface area contributed by atoms with E-state index in [-0.39, 0.29) is 18.3 Å². The van der Waals surface area contributed by atoms with Crippen LogP contribution in [0.25, 0.3) is 0 Å². The number of nitrogens with zero attached hydrogens (tertiary/aromatic N) is 1. The van der Waals surface area contributed by atoms with Gasteiger partial charge in [-0.1, -0.05) is 6.07 Å². The molecule has 0 radical (unpaired) electrons. The van der Waals surface area contributed by atoms with Gasteiger partial charge in [-0.15, -0.1) is 0 Å². The summed E-state index contributed by atoms with van der Waals surface area (Å²) >= 11 is 0. The first-order chi connectivity index (χ1) is 13.5. The van der Waals surface area contributed by atoms with Crippen molar-refractivity contribution >= 4 is 11.7 Å². The lowest BCUT2D eigenvalue weighted by Gasteiger charge is -2.21. The van der Waals surface area contributed by atoms with Crippen LogP contribution in [-0.2, 0) is 11.3 Å². The third kappa shape index (κ3) is 4.54. The normalized spacial score (nSPS) is 12.2. The van der Waals surface area contributed by atoms with Gasteiger partial charge < -0.3 is 23.8 Å². The van der Waals surface area contributed by atoms with Gasteiger partial charge in [0.15, 0.2) is 35.4 Å². The molecule has 1 heterocycles. The second-order valence-corrected chi connectivity index (χ2v) is 6.44. The van der Waals surface area contributed by atoms with Crippen LogP contribution in [0, 0.1) is 0 Å². The predicted molar refractivity (Wildman–Crippen MR) is 102 cm³/mol. The van der Waals surface area contributed by atoms with Gasteiger partial charge >= 0.3 is 0 Å². The molecule has 0 fully saturated rings. The highest BCUT2D eigenvalue weighted by Gasteiger charge is 2.16. The van der Waals surface area contributed by atoms with Crippen LogP contribution in [0.15, 0.2) is 36.4 Å². The van der Waals surface area contributed by atoms with Gasteiger partial charge in [-0.3, -0.25) is 9.59 Å². The number of amides is 1. The molecule has 0 spiro atoms. The van der Waals surface area contributed by atoms with Gasteiger partial charge in [0, 0.05) is 19.2 Å². The summed E-state index contributed by atoms with van der Waals surface area (Å²) in [5.41, 5.74) is 1.45. The van der Waals surface area contributed by atoms with Gasteiger partial charge in [0.1, 0.15) is 13.2 Å². The maximum absolute atomic E-state index is 12.4. The van der Waals surface area contributed by atoms with Crippen molar-refractivity contribution in [1.29, 1.82) is 0 Å². The van der Waals surface area contributed by atoms with E-state index in [1.165, 1.54) is 14.0 Å². The summed E-state index contributed by atoms with van der Waals surface area (Å²) < 4.78 is 21.9. The first kappa shape index (κ1) is 19.5. The minimum absolute atomic E-state index is 0.0694. The molecule has 0 N–H and O–H groups in total. The maximum atomic E-state index is 12.4. The number of ether oxygens (including phenoxy) is 4. The fourth-order valence-electron chi connectivity index (χ4n) is 2.80. The molecule has 1 aliphatic rings. The number of likely N-dealkylation sites (N-methyl/N-ethyl adjacent to an activating group) is 1. The van der Waals surface area contributed by atoms with Crippen molar-refractivity contribution in [3.05, 3.63) is 47.5 Å². The van der Waals surface area contributed by atoms with Crippen molar-refractivity contribution in [3.8, 4) is 23.0 Å². The SMILES string of the molecule is COc1cc(C(C)=O)ccc1OCC(=O)N(C)Cc1ccc2c(c1)OCCO2. The van der Waals surface area contributed by atoms with Gasteiger partial charge in [0.25, 0.3) is 5.91 Å². The van der Waals surface area contributed by atoms with E-state index in [0.717, 1.165) is 5.56 Å². The molecule has 7 nitrogen and oxygen atoms in total. The van der Waals surface area contributed by atoms with Crippen LogP contribution < -0.4 is 18.9 Å². The summed E-state index contributed by atoms with van der Waals surface area (Å²) in [6.07, 6.45) is 0. The number of fused-ring (bicyclic) bond motifs is 1. The Morgan fingerprint density at radius 1 is 1.04 bits per heavy atom. The van der Waals surface area contributed by atoms with Gasteiger partial charge in [-0.2, -0.15) is 0 Å². The molecule has 1 aliphatic heterocycles. The highest BCUT2D eigenvalue weighted by Crippen LogP contribution is 2.31. The number of ketones is 1. The fraction of sp³-hybridized carbons (Fsp3) is 0.333.